The van der Waals surface area contributed by atoms with E-state index in [1.807, 2.05) is 11.1 Å². The average Bonchev–Trinajstić information content (AvgIpc) is 2.58. The Labute approximate surface area is 144 Å². The van der Waals surface area contributed by atoms with Crippen LogP contribution >= 0.6 is 15.9 Å². The van der Waals surface area contributed by atoms with Crippen LogP contribution in [0.15, 0.2) is 58.1 Å². The predicted octanol–water partition coefficient (Wildman–Crippen LogP) is 3.74. The highest BCUT2D eigenvalue weighted by Crippen LogP contribution is 2.14. The second-order valence-corrected chi connectivity index (χ2v) is 6.54. The van der Waals surface area contributed by atoms with Gasteiger partial charge in [-0.05, 0) is 23.8 Å². The third-order valence-corrected chi connectivity index (χ3v) is 4.41. The second-order valence-electron chi connectivity index (χ2n) is 5.63. The number of hydrazone groups is 1. The molecule has 0 N–H and O–H groups in total. The van der Waals surface area contributed by atoms with Crippen molar-refractivity contribution < 1.29 is 4.39 Å². The van der Waals surface area contributed by atoms with Crippen LogP contribution in [0.25, 0.3) is 0 Å². The summed E-state index contributed by atoms with van der Waals surface area (Å²) in [5, 5.41) is 6.42. The summed E-state index contributed by atoms with van der Waals surface area (Å²) in [5.74, 6) is -0.250. The molecule has 1 aliphatic rings. The lowest BCUT2D eigenvalue weighted by atomic mass is 10.2. The van der Waals surface area contributed by atoms with E-state index in [9.17, 15) is 4.39 Å². The second kappa shape index (κ2) is 7.70. The van der Waals surface area contributed by atoms with Gasteiger partial charge in [-0.25, -0.2) is 4.39 Å². The molecule has 5 heteroatoms. The molecule has 0 atom stereocenters. The fourth-order valence-electron chi connectivity index (χ4n) is 2.61. The summed E-state index contributed by atoms with van der Waals surface area (Å²) in [6, 6.07) is 15.4. The van der Waals surface area contributed by atoms with Gasteiger partial charge in [0.15, 0.2) is 0 Å². The summed E-state index contributed by atoms with van der Waals surface area (Å²) in [4.78, 5) is 2.42. The number of piperazine rings is 1. The van der Waals surface area contributed by atoms with E-state index in [1.54, 1.807) is 18.3 Å². The van der Waals surface area contributed by atoms with Gasteiger partial charge in [0.05, 0.1) is 6.21 Å². The van der Waals surface area contributed by atoms with Crippen LogP contribution in [0.5, 0.6) is 0 Å². The third kappa shape index (κ3) is 4.62. The SMILES string of the molecule is Fc1ccc(Br)cc1C=NN1CCN(Cc2ccccc2)CC1. The average molecular weight is 376 g/mol. The zero-order chi connectivity index (χ0) is 16.1. The van der Waals surface area contributed by atoms with Crippen LogP contribution in [0.1, 0.15) is 11.1 Å². The molecule has 0 amide bonds. The number of benzene rings is 2. The van der Waals surface area contributed by atoms with Gasteiger partial charge in [-0.15, -0.1) is 0 Å². The van der Waals surface area contributed by atoms with Gasteiger partial charge in [-0.2, -0.15) is 5.10 Å². The molecular weight excluding hydrogens is 357 g/mol. The van der Waals surface area contributed by atoms with Crippen LogP contribution in [0.2, 0.25) is 0 Å². The van der Waals surface area contributed by atoms with Crippen LogP contribution in [-0.4, -0.2) is 42.3 Å². The van der Waals surface area contributed by atoms with E-state index >= 15 is 0 Å². The van der Waals surface area contributed by atoms with Gasteiger partial charge >= 0.3 is 0 Å². The maximum atomic E-state index is 13.7. The van der Waals surface area contributed by atoms with E-state index in [-0.39, 0.29) is 5.82 Å². The predicted molar refractivity (Wildman–Crippen MR) is 95.0 cm³/mol. The fraction of sp³-hybridized carbons (Fsp3) is 0.278. The molecule has 2 aromatic carbocycles. The molecule has 0 aromatic heterocycles. The van der Waals surface area contributed by atoms with Gasteiger partial charge in [-0.3, -0.25) is 9.91 Å². The highest BCUT2D eigenvalue weighted by Gasteiger charge is 2.15. The summed E-state index contributed by atoms with van der Waals surface area (Å²) < 4.78 is 14.5. The van der Waals surface area contributed by atoms with Crippen LogP contribution in [-0.2, 0) is 6.54 Å². The van der Waals surface area contributed by atoms with Crippen molar-refractivity contribution in [1.82, 2.24) is 9.91 Å². The third-order valence-electron chi connectivity index (χ3n) is 3.92. The number of nitrogens with zero attached hydrogens (tertiary/aromatic N) is 3. The summed E-state index contributed by atoms with van der Waals surface area (Å²) in [7, 11) is 0. The molecule has 23 heavy (non-hydrogen) atoms. The molecule has 0 saturated carbocycles. The first-order valence-corrected chi connectivity index (χ1v) is 8.50. The number of halogens is 2. The molecule has 0 radical (unpaired) electrons. The van der Waals surface area contributed by atoms with Gasteiger partial charge in [-0.1, -0.05) is 46.3 Å². The first-order chi connectivity index (χ1) is 11.2. The summed E-state index contributed by atoms with van der Waals surface area (Å²) in [6.07, 6.45) is 1.60. The van der Waals surface area contributed by atoms with Crippen molar-refractivity contribution in [2.24, 2.45) is 5.10 Å². The first kappa shape index (κ1) is 16.1. The quantitative estimate of drug-likeness (QED) is 0.758. The van der Waals surface area contributed by atoms with Gasteiger partial charge in [0.1, 0.15) is 5.82 Å². The Hall–Kier alpha value is -1.72. The van der Waals surface area contributed by atoms with Crippen molar-refractivity contribution in [3.05, 3.63) is 69.9 Å². The molecule has 0 bridgehead atoms. The fourth-order valence-corrected chi connectivity index (χ4v) is 2.99. The Morgan fingerprint density at radius 2 is 1.78 bits per heavy atom. The summed E-state index contributed by atoms with van der Waals surface area (Å²) in [5.41, 5.74) is 1.84. The van der Waals surface area contributed by atoms with E-state index in [0.29, 0.717) is 5.56 Å². The Morgan fingerprint density at radius 1 is 1.04 bits per heavy atom. The molecule has 0 aliphatic carbocycles. The van der Waals surface area contributed by atoms with Crippen molar-refractivity contribution in [3.8, 4) is 0 Å². The smallest absolute Gasteiger partial charge is 0.132 e. The van der Waals surface area contributed by atoms with Crippen molar-refractivity contribution in [1.29, 1.82) is 0 Å². The monoisotopic (exact) mass is 375 g/mol. The van der Waals surface area contributed by atoms with Crippen LogP contribution < -0.4 is 0 Å². The number of hydrogen-bond donors (Lipinski definition) is 0. The molecule has 0 spiro atoms. The van der Waals surface area contributed by atoms with Crippen LogP contribution in [0.4, 0.5) is 4.39 Å². The minimum atomic E-state index is -0.250. The largest absolute Gasteiger partial charge is 0.295 e. The van der Waals surface area contributed by atoms with Gasteiger partial charge in [0.25, 0.3) is 0 Å². The maximum Gasteiger partial charge on any atom is 0.132 e. The number of hydrogen-bond acceptors (Lipinski definition) is 3. The molecule has 1 heterocycles. The topological polar surface area (TPSA) is 18.8 Å². The molecule has 0 unspecified atom stereocenters. The Kier molecular flexibility index (Phi) is 5.41. The lowest BCUT2D eigenvalue weighted by Crippen LogP contribution is -2.43. The maximum absolute atomic E-state index is 13.7. The van der Waals surface area contributed by atoms with Gasteiger partial charge in [0.2, 0.25) is 0 Å². The summed E-state index contributed by atoms with van der Waals surface area (Å²) >= 11 is 3.35. The van der Waals surface area contributed by atoms with Crippen molar-refractivity contribution >= 4 is 22.1 Å². The Morgan fingerprint density at radius 3 is 2.52 bits per heavy atom. The molecular formula is C18H19BrFN3. The minimum absolute atomic E-state index is 0.250. The molecule has 120 valence electrons. The van der Waals surface area contributed by atoms with Gasteiger partial charge < -0.3 is 0 Å². The number of rotatable bonds is 4. The van der Waals surface area contributed by atoms with E-state index in [2.05, 4.69) is 50.2 Å². The van der Waals surface area contributed by atoms with Crippen molar-refractivity contribution in [3.63, 3.8) is 0 Å². The van der Waals surface area contributed by atoms with Gasteiger partial charge in [0, 0.05) is 42.8 Å². The lowest BCUT2D eigenvalue weighted by Gasteiger charge is -2.33. The molecule has 1 aliphatic heterocycles. The molecule has 3 rings (SSSR count). The molecule has 1 saturated heterocycles. The van der Waals surface area contributed by atoms with E-state index in [4.69, 9.17) is 0 Å². The normalized spacial score (nSPS) is 16.2. The molecule has 2 aromatic rings. The first-order valence-electron chi connectivity index (χ1n) is 7.71. The highest BCUT2D eigenvalue weighted by atomic mass is 79.9. The molecule has 1 fully saturated rings. The van der Waals surface area contributed by atoms with Crippen molar-refractivity contribution in [2.75, 3.05) is 26.2 Å². The lowest BCUT2D eigenvalue weighted by molar-refractivity contribution is 0.131. The Bertz CT molecular complexity index is 667. The van der Waals surface area contributed by atoms with Crippen molar-refractivity contribution in [2.45, 2.75) is 6.54 Å². The molecule has 3 nitrogen and oxygen atoms in total. The van der Waals surface area contributed by atoms with E-state index < -0.39 is 0 Å². The van der Waals surface area contributed by atoms with Crippen LogP contribution in [0, 0.1) is 5.82 Å². The minimum Gasteiger partial charge on any atom is -0.295 e. The standard InChI is InChI=1S/C18H19BrFN3/c19-17-6-7-18(20)16(12-17)13-21-23-10-8-22(9-11-23)14-15-4-2-1-3-5-15/h1-7,12-13H,8-11,14H2. The zero-order valence-corrected chi connectivity index (χ0v) is 14.4. The van der Waals surface area contributed by atoms with E-state index in [0.717, 1.165) is 37.2 Å². The summed E-state index contributed by atoms with van der Waals surface area (Å²) in [6.45, 7) is 4.62. The van der Waals surface area contributed by atoms with E-state index in [1.165, 1.54) is 11.6 Å². The highest BCUT2D eigenvalue weighted by molar-refractivity contribution is 9.10. The Balaban J connectivity index is 1.53. The zero-order valence-electron chi connectivity index (χ0n) is 12.8. The van der Waals surface area contributed by atoms with Crippen LogP contribution in [0.3, 0.4) is 0 Å².